The topological polar surface area (TPSA) is 3.24 Å². The predicted octanol–water partition coefficient (Wildman–Crippen LogP) is 15.3. The van der Waals surface area contributed by atoms with Crippen molar-refractivity contribution >= 4 is 59.3 Å². The monoisotopic (exact) mass is 755 g/mol. The van der Waals surface area contributed by atoms with Crippen LogP contribution in [0.1, 0.15) is 47.2 Å². The molecule has 13 rings (SSSR count). The molecule has 0 aliphatic heterocycles. The van der Waals surface area contributed by atoms with Gasteiger partial charge in [0, 0.05) is 32.1 Å². The van der Waals surface area contributed by atoms with E-state index in [1.165, 1.54) is 115 Å². The third-order valence-corrected chi connectivity index (χ3v) is 14.8. The van der Waals surface area contributed by atoms with Crippen LogP contribution < -0.4 is 4.90 Å². The molecule has 3 aliphatic carbocycles. The molecule has 0 amide bonds. The first-order valence-corrected chi connectivity index (χ1v) is 21.2. The molecule has 58 heavy (non-hydrogen) atoms. The van der Waals surface area contributed by atoms with E-state index in [1.54, 1.807) is 0 Å². The fourth-order valence-corrected chi connectivity index (χ4v) is 12.5. The Labute approximate surface area is 342 Å². The van der Waals surface area contributed by atoms with Crippen LogP contribution in [0.4, 0.5) is 17.1 Å². The Morgan fingerprint density at radius 3 is 1.66 bits per heavy atom. The third-order valence-electron chi connectivity index (χ3n) is 13.6. The summed E-state index contributed by atoms with van der Waals surface area (Å²) in [6, 6.07) is 71.2. The van der Waals surface area contributed by atoms with Crippen molar-refractivity contribution in [3.8, 4) is 33.4 Å². The lowest BCUT2D eigenvalue weighted by molar-refractivity contribution is 0.660. The van der Waals surface area contributed by atoms with Crippen LogP contribution >= 0.6 is 11.3 Å². The molecule has 272 valence electrons. The van der Waals surface area contributed by atoms with Crippen molar-refractivity contribution in [1.82, 2.24) is 0 Å². The van der Waals surface area contributed by atoms with Crippen LogP contribution in [0.2, 0.25) is 0 Å². The lowest BCUT2D eigenvalue weighted by atomic mass is 9.70. The van der Waals surface area contributed by atoms with E-state index in [4.69, 9.17) is 0 Å². The first kappa shape index (κ1) is 32.4. The summed E-state index contributed by atoms with van der Waals surface area (Å²) in [6.45, 7) is 4.79. The number of benzene rings is 9. The average molecular weight is 756 g/mol. The van der Waals surface area contributed by atoms with Gasteiger partial charge >= 0.3 is 0 Å². The van der Waals surface area contributed by atoms with Gasteiger partial charge in [0.15, 0.2) is 0 Å². The number of thiophene rings is 1. The molecule has 1 nitrogen and oxygen atoms in total. The molecule has 0 N–H and O–H groups in total. The maximum atomic E-state index is 2.64. The third kappa shape index (κ3) is 3.96. The Hall–Kier alpha value is -6.74. The van der Waals surface area contributed by atoms with Gasteiger partial charge in [-0.15, -0.1) is 11.3 Å². The van der Waals surface area contributed by atoms with Crippen LogP contribution in [-0.4, -0.2) is 0 Å². The molecule has 1 spiro atoms. The summed E-state index contributed by atoms with van der Waals surface area (Å²) in [5, 5.41) is 5.18. The molecule has 3 aliphatic rings. The number of fused-ring (bicyclic) bond motifs is 18. The highest BCUT2D eigenvalue weighted by atomic mass is 32.1. The highest BCUT2D eigenvalue weighted by Crippen LogP contribution is 2.66. The Bertz CT molecular complexity index is 3340. The Balaban J connectivity index is 1.19. The minimum atomic E-state index is -0.504. The number of nitrogens with zero attached hydrogens (tertiary/aromatic N) is 1. The summed E-state index contributed by atoms with van der Waals surface area (Å²) in [5.41, 5.74) is 19.0. The minimum absolute atomic E-state index is 0.149. The second-order valence-electron chi connectivity index (χ2n) is 16.7. The molecular formula is C56H37NS. The van der Waals surface area contributed by atoms with Gasteiger partial charge in [-0.25, -0.2) is 0 Å². The van der Waals surface area contributed by atoms with Crippen molar-refractivity contribution in [2.24, 2.45) is 0 Å². The van der Waals surface area contributed by atoms with Gasteiger partial charge in [0.2, 0.25) is 0 Å². The minimum Gasteiger partial charge on any atom is -0.309 e. The maximum Gasteiger partial charge on any atom is 0.0746 e. The van der Waals surface area contributed by atoms with Crippen LogP contribution in [0.15, 0.2) is 188 Å². The first-order valence-electron chi connectivity index (χ1n) is 20.4. The second kappa shape index (κ2) is 11.4. The molecule has 0 atom stereocenters. The van der Waals surface area contributed by atoms with Gasteiger partial charge in [-0.05, 0) is 102 Å². The van der Waals surface area contributed by atoms with Gasteiger partial charge in [0.1, 0.15) is 0 Å². The van der Waals surface area contributed by atoms with E-state index in [0.29, 0.717) is 0 Å². The molecular weight excluding hydrogens is 719 g/mol. The molecule has 2 heteroatoms. The van der Waals surface area contributed by atoms with Crippen molar-refractivity contribution < 1.29 is 0 Å². The maximum absolute atomic E-state index is 2.64. The number of anilines is 3. The summed E-state index contributed by atoms with van der Waals surface area (Å²) >= 11 is 1.92. The predicted molar refractivity (Wildman–Crippen MR) is 245 cm³/mol. The second-order valence-corrected chi connectivity index (χ2v) is 17.8. The van der Waals surface area contributed by atoms with E-state index < -0.39 is 5.41 Å². The van der Waals surface area contributed by atoms with Crippen LogP contribution in [0.5, 0.6) is 0 Å². The average Bonchev–Trinajstić information content (AvgIpc) is 3.97. The van der Waals surface area contributed by atoms with E-state index in [2.05, 4.69) is 207 Å². The summed E-state index contributed by atoms with van der Waals surface area (Å²) in [6.07, 6.45) is 0. The van der Waals surface area contributed by atoms with Crippen molar-refractivity contribution in [3.05, 3.63) is 221 Å². The SMILES string of the molecule is CC1(C)c2ccccc2-c2ccc(N(c3cccc4c3C3(c5ccccc5-c5ccccc53)c3ccccc3-4)c3cc4ccccc4c4c3sc3ccccc34)cc21. The lowest BCUT2D eigenvalue weighted by Gasteiger charge is -2.36. The number of hydrogen-bond acceptors (Lipinski definition) is 2. The Morgan fingerprint density at radius 2 is 0.948 bits per heavy atom. The molecule has 0 radical (unpaired) electrons. The fourth-order valence-electron chi connectivity index (χ4n) is 11.3. The standard InChI is InChI=1S/C56H37NS/c1-55(2)44-24-10-5-18-37(44)41-31-30-35(33-48(41)55)57(50-32-34-16-3-4-17-36(34)52-43-22-9-14-29-51(43)58-54(50)52)49-28-15-23-42-40-21-8-13-27-47(40)56(53(42)49)45-25-11-6-19-38(45)39-20-7-12-26-46(39)56/h3-33H,1-2H3. The highest BCUT2D eigenvalue weighted by Gasteiger charge is 2.53. The van der Waals surface area contributed by atoms with Crippen molar-refractivity contribution in [1.29, 1.82) is 0 Å². The summed E-state index contributed by atoms with van der Waals surface area (Å²) in [4.78, 5) is 2.64. The molecule has 9 aromatic carbocycles. The largest absolute Gasteiger partial charge is 0.309 e. The van der Waals surface area contributed by atoms with E-state index >= 15 is 0 Å². The molecule has 0 saturated heterocycles. The van der Waals surface area contributed by atoms with Gasteiger partial charge in [0.05, 0.1) is 21.5 Å². The van der Waals surface area contributed by atoms with Gasteiger partial charge in [-0.1, -0.05) is 172 Å². The van der Waals surface area contributed by atoms with Gasteiger partial charge in [0.25, 0.3) is 0 Å². The van der Waals surface area contributed by atoms with Gasteiger partial charge in [-0.3, -0.25) is 0 Å². The fraction of sp³-hybridized carbons (Fsp3) is 0.0714. The Morgan fingerprint density at radius 1 is 0.414 bits per heavy atom. The van der Waals surface area contributed by atoms with E-state index in [0.717, 1.165) is 0 Å². The zero-order valence-electron chi connectivity index (χ0n) is 32.3. The van der Waals surface area contributed by atoms with Crippen molar-refractivity contribution in [2.45, 2.75) is 24.7 Å². The van der Waals surface area contributed by atoms with E-state index in [1.807, 2.05) is 11.3 Å². The molecule has 0 fully saturated rings. The van der Waals surface area contributed by atoms with E-state index in [-0.39, 0.29) is 5.41 Å². The lowest BCUT2D eigenvalue weighted by Crippen LogP contribution is -2.28. The quantitative estimate of drug-likeness (QED) is 0.174. The van der Waals surface area contributed by atoms with Crippen LogP contribution in [0.25, 0.3) is 64.3 Å². The molecule has 0 bridgehead atoms. The molecule has 0 saturated carbocycles. The van der Waals surface area contributed by atoms with Gasteiger partial charge < -0.3 is 4.90 Å². The van der Waals surface area contributed by atoms with Crippen molar-refractivity contribution in [3.63, 3.8) is 0 Å². The van der Waals surface area contributed by atoms with Crippen LogP contribution in [0, 0.1) is 0 Å². The number of rotatable bonds is 3. The first-order chi connectivity index (χ1) is 28.5. The van der Waals surface area contributed by atoms with E-state index in [9.17, 15) is 0 Å². The normalized spacial score (nSPS) is 14.7. The summed E-state index contributed by atoms with van der Waals surface area (Å²) in [7, 11) is 0. The van der Waals surface area contributed by atoms with Crippen LogP contribution in [0.3, 0.4) is 0 Å². The molecule has 0 unspecified atom stereocenters. The van der Waals surface area contributed by atoms with Crippen LogP contribution in [-0.2, 0) is 10.8 Å². The zero-order chi connectivity index (χ0) is 38.3. The zero-order valence-corrected chi connectivity index (χ0v) is 33.1. The Kier molecular flexibility index (Phi) is 6.38. The molecule has 10 aromatic rings. The molecule has 1 aromatic heterocycles. The number of hydrogen-bond donors (Lipinski definition) is 0. The summed E-state index contributed by atoms with van der Waals surface area (Å²) in [5.74, 6) is 0. The van der Waals surface area contributed by atoms with Crippen molar-refractivity contribution in [2.75, 3.05) is 4.90 Å². The smallest absolute Gasteiger partial charge is 0.0746 e. The molecule has 1 heterocycles. The van der Waals surface area contributed by atoms with Gasteiger partial charge in [-0.2, -0.15) is 0 Å². The summed E-state index contributed by atoms with van der Waals surface area (Å²) < 4.78 is 2.61. The highest BCUT2D eigenvalue weighted by molar-refractivity contribution is 7.26.